The lowest BCUT2D eigenvalue weighted by Gasteiger charge is -2.09. The molecule has 2 N–H and O–H groups in total. The van der Waals surface area contributed by atoms with Crippen molar-refractivity contribution in [3.05, 3.63) is 52.5 Å². The standard InChI is InChI=1S/C16H15BrN2O3/c17-12-3-1-2-4-13(12)19-16(20)18-8-7-11-5-6-14-15(9-11)22-10-21-14/h1-6,9H,7-8,10H2,(H2,18,19,20). The number of carbonyl (C=O) groups is 1. The molecule has 0 radical (unpaired) electrons. The van der Waals surface area contributed by atoms with Crippen LogP contribution in [0.5, 0.6) is 11.5 Å². The van der Waals surface area contributed by atoms with Gasteiger partial charge in [0.15, 0.2) is 11.5 Å². The van der Waals surface area contributed by atoms with Gasteiger partial charge >= 0.3 is 6.03 Å². The van der Waals surface area contributed by atoms with Crippen molar-refractivity contribution >= 4 is 27.6 Å². The minimum absolute atomic E-state index is 0.229. The number of nitrogens with one attached hydrogen (secondary N) is 2. The molecule has 1 aliphatic heterocycles. The summed E-state index contributed by atoms with van der Waals surface area (Å²) in [7, 11) is 0. The van der Waals surface area contributed by atoms with Crippen molar-refractivity contribution in [1.82, 2.24) is 5.32 Å². The molecule has 0 saturated carbocycles. The Morgan fingerprint density at radius 3 is 2.82 bits per heavy atom. The van der Waals surface area contributed by atoms with Crippen LogP contribution in [0, 0.1) is 0 Å². The van der Waals surface area contributed by atoms with Gasteiger partial charge in [-0.25, -0.2) is 4.79 Å². The van der Waals surface area contributed by atoms with Crippen LogP contribution in [-0.2, 0) is 6.42 Å². The molecule has 1 heterocycles. The van der Waals surface area contributed by atoms with Crippen molar-refractivity contribution in [2.24, 2.45) is 0 Å². The lowest BCUT2D eigenvalue weighted by molar-refractivity contribution is 0.174. The van der Waals surface area contributed by atoms with Gasteiger partial charge in [-0.3, -0.25) is 0 Å². The first-order chi connectivity index (χ1) is 10.7. The van der Waals surface area contributed by atoms with Crippen molar-refractivity contribution in [3.63, 3.8) is 0 Å². The van der Waals surface area contributed by atoms with E-state index in [0.29, 0.717) is 6.54 Å². The second kappa shape index (κ2) is 6.70. The van der Waals surface area contributed by atoms with Gasteiger partial charge in [0.25, 0.3) is 0 Å². The highest BCUT2D eigenvalue weighted by molar-refractivity contribution is 9.10. The lowest BCUT2D eigenvalue weighted by atomic mass is 10.1. The molecule has 22 heavy (non-hydrogen) atoms. The molecular formula is C16H15BrN2O3. The van der Waals surface area contributed by atoms with E-state index in [4.69, 9.17) is 9.47 Å². The first-order valence-corrected chi connectivity index (χ1v) is 7.69. The first kappa shape index (κ1) is 14.7. The number of hydrogen-bond acceptors (Lipinski definition) is 3. The first-order valence-electron chi connectivity index (χ1n) is 6.90. The molecule has 2 aromatic rings. The third-order valence-corrected chi connectivity index (χ3v) is 3.95. The number of amides is 2. The van der Waals surface area contributed by atoms with E-state index in [1.807, 2.05) is 42.5 Å². The van der Waals surface area contributed by atoms with Gasteiger partial charge in [-0.05, 0) is 52.2 Å². The molecule has 5 nitrogen and oxygen atoms in total. The van der Waals surface area contributed by atoms with E-state index in [0.717, 1.165) is 33.6 Å². The third kappa shape index (κ3) is 3.51. The number of benzene rings is 2. The number of urea groups is 1. The number of carbonyl (C=O) groups excluding carboxylic acids is 1. The molecule has 114 valence electrons. The summed E-state index contributed by atoms with van der Waals surface area (Å²) in [5, 5.41) is 5.63. The van der Waals surface area contributed by atoms with Crippen molar-refractivity contribution in [2.75, 3.05) is 18.7 Å². The number of hydrogen-bond donors (Lipinski definition) is 2. The molecule has 2 aromatic carbocycles. The van der Waals surface area contributed by atoms with Crippen molar-refractivity contribution in [1.29, 1.82) is 0 Å². The normalized spacial score (nSPS) is 12.0. The van der Waals surface area contributed by atoms with Gasteiger partial charge in [0.1, 0.15) is 0 Å². The monoisotopic (exact) mass is 362 g/mol. The Hall–Kier alpha value is -2.21. The molecule has 0 fully saturated rings. The maximum absolute atomic E-state index is 11.9. The zero-order valence-corrected chi connectivity index (χ0v) is 13.4. The number of ether oxygens (including phenoxy) is 2. The van der Waals surface area contributed by atoms with Gasteiger partial charge in [-0.2, -0.15) is 0 Å². The maximum atomic E-state index is 11.9. The molecule has 0 saturated heterocycles. The van der Waals surface area contributed by atoms with E-state index >= 15 is 0 Å². The molecule has 0 aromatic heterocycles. The van der Waals surface area contributed by atoms with E-state index in [1.165, 1.54) is 0 Å². The van der Waals surface area contributed by atoms with Crippen LogP contribution in [0.1, 0.15) is 5.56 Å². The van der Waals surface area contributed by atoms with Gasteiger partial charge in [0.05, 0.1) is 5.69 Å². The molecule has 0 spiro atoms. The fourth-order valence-electron chi connectivity index (χ4n) is 2.15. The van der Waals surface area contributed by atoms with Gasteiger partial charge in [0, 0.05) is 11.0 Å². The molecule has 0 unspecified atom stereocenters. The lowest BCUT2D eigenvalue weighted by Crippen LogP contribution is -2.30. The van der Waals surface area contributed by atoms with Crippen LogP contribution in [0.2, 0.25) is 0 Å². The molecular weight excluding hydrogens is 348 g/mol. The fraction of sp³-hybridized carbons (Fsp3) is 0.188. The topological polar surface area (TPSA) is 59.6 Å². The number of para-hydroxylation sites is 1. The quantitative estimate of drug-likeness (QED) is 0.874. The van der Waals surface area contributed by atoms with Crippen molar-refractivity contribution in [3.8, 4) is 11.5 Å². The average molecular weight is 363 g/mol. The summed E-state index contributed by atoms with van der Waals surface area (Å²) in [6, 6.07) is 13.0. The number of fused-ring (bicyclic) bond motifs is 1. The van der Waals surface area contributed by atoms with E-state index < -0.39 is 0 Å². The predicted molar refractivity (Wildman–Crippen MR) is 87.4 cm³/mol. The SMILES string of the molecule is O=C(NCCc1ccc2c(c1)OCO2)Nc1ccccc1Br. The van der Waals surface area contributed by atoms with E-state index in [1.54, 1.807) is 0 Å². The fourth-order valence-corrected chi connectivity index (χ4v) is 2.53. The minimum Gasteiger partial charge on any atom is -0.454 e. The molecule has 2 amide bonds. The highest BCUT2D eigenvalue weighted by Gasteiger charge is 2.13. The zero-order valence-electron chi connectivity index (χ0n) is 11.8. The van der Waals surface area contributed by atoms with E-state index in [9.17, 15) is 4.79 Å². The van der Waals surface area contributed by atoms with Gasteiger partial charge in [-0.1, -0.05) is 18.2 Å². The number of halogens is 1. The van der Waals surface area contributed by atoms with Crippen LogP contribution in [0.4, 0.5) is 10.5 Å². The van der Waals surface area contributed by atoms with Crippen molar-refractivity contribution in [2.45, 2.75) is 6.42 Å². The second-order valence-corrected chi connectivity index (χ2v) is 5.65. The van der Waals surface area contributed by atoms with Crippen LogP contribution in [0.15, 0.2) is 46.9 Å². The second-order valence-electron chi connectivity index (χ2n) is 4.80. The van der Waals surface area contributed by atoms with Gasteiger partial charge < -0.3 is 20.1 Å². The van der Waals surface area contributed by atoms with Crippen LogP contribution in [0.3, 0.4) is 0 Å². The Morgan fingerprint density at radius 1 is 1.14 bits per heavy atom. The van der Waals surface area contributed by atoms with E-state index in [-0.39, 0.29) is 12.8 Å². The Labute approximate surface area is 136 Å². The van der Waals surface area contributed by atoms with Crippen LogP contribution >= 0.6 is 15.9 Å². The van der Waals surface area contributed by atoms with Crippen LogP contribution in [0.25, 0.3) is 0 Å². The summed E-state index contributed by atoms with van der Waals surface area (Å²) in [6.45, 7) is 0.807. The Morgan fingerprint density at radius 2 is 1.95 bits per heavy atom. The summed E-state index contributed by atoms with van der Waals surface area (Å²) in [6.07, 6.45) is 0.722. The summed E-state index contributed by atoms with van der Waals surface area (Å²) < 4.78 is 11.4. The van der Waals surface area contributed by atoms with E-state index in [2.05, 4.69) is 26.6 Å². The Bertz CT molecular complexity index is 691. The zero-order chi connectivity index (χ0) is 15.4. The third-order valence-electron chi connectivity index (χ3n) is 3.26. The summed E-state index contributed by atoms with van der Waals surface area (Å²) in [5.41, 5.74) is 1.83. The maximum Gasteiger partial charge on any atom is 0.319 e. The molecule has 3 rings (SSSR count). The largest absolute Gasteiger partial charge is 0.454 e. The highest BCUT2D eigenvalue weighted by atomic mass is 79.9. The minimum atomic E-state index is -0.229. The summed E-state index contributed by atoms with van der Waals surface area (Å²) >= 11 is 3.39. The van der Waals surface area contributed by atoms with Crippen LogP contribution in [-0.4, -0.2) is 19.4 Å². The Kier molecular flexibility index (Phi) is 4.48. The number of anilines is 1. The van der Waals surface area contributed by atoms with Crippen LogP contribution < -0.4 is 20.1 Å². The number of rotatable bonds is 4. The summed E-state index contributed by atoms with van der Waals surface area (Å²) in [5.74, 6) is 1.53. The molecule has 0 bridgehead atoms. The summed E-state index contributed by atoms with van der Waals surface area (Å²) in [4.78, 5) is 11.9. The molecule has 0 atom stereocenters. The van der Waals surface area contributed by atoms with Crippen molar-refractivity contribution < 1.29 is 14.3 Å². The highest BCUT2D eigenvalue weighted by Crippen LogP contribution is 2.32. The molecule has 1 aliphatic rings. The Balaban J connectivity index is 1.49. The predicted octanol–water partition coefficient (Wildman–Crippen LogP) is 3.54. The van der Waals surface area contributed by atoms with Gasteiger partial charge in [-0.15, -0.1) is 0 Å². The molecule has 6 heteroatoms. The average Bonchev–Trinajstić information content (AvgIpc) is 2.97. The van der Waals surface area contributed by atoms with Gasteiger partial charge in [0.2, 0.25) is 6.79 Å². The smallest absolute Gasteiger partial charge is 0.319 e. The molecule has 0 aliphatic carbocycles.